The van der Waals surface area contributed by atoms with Gasteiger partial charge in [-0.15, -0.1) is 0 Å². The van der Waals surface area contributed by atoms with Crippen LogP contribution < -0.4 is 5.73 Å². The number of fused-ring (bicyclic) bond motifs is 3. The molecule has 2 aromatic rings. The van der Waals surface area contributed by atoms with E-state index >= 15 is 0 Å². The Morgan fingerprint density at radius 1 is 1.52 bits per heavy atom. The van der Waals surface area contributed by atoms with Gasteiger partial charge in [0, 0.05) is 13.8 Å². The standard InChI is InChI=1S/C13H18N5O6P/c1-21-9-8-12(18-6-17-7-10(14)15-5-16-11(7)18)24-13(9,3-22-8)4-23-25(2,19)20/h5-6,8-9,12H,3-4H2,1-2H3,(H,19,20)(H2,14,15,16)/t8?,9?,12?,13-/m0/s1. The lowest BCUT2D eigenvalue weighted by atomic mass is 10.0. The van der Waals surface area contributed by atoms with Gasteiger partial charge in [-0.25, -0.2) is 15.0 Å². The second-order valence-corrected chi connectivity index (χ2v) is 8.03. The first-order valence-electron chi connectivity index (χ1n) is 7.55. The average Bonchev–Trinajstić information content (AvgIpc) is 3.22. The highest BCUT2D eigenvalue weighted by molar-refractivity contribution is 7.51. The molecular formula is C13H18N5O6P. The van der Waals surface area contributed by atoms with E-state index in [0.717, 1.165) is 6.66 Å². The fraction of sp³-hybridized carbons (Fsp3) is 0.615. The number of nitrogens with zero attached hydrogens (tertiary/aromatic N) is 4. The minimum Gasteiger partial charge on any atom is -0.382 e. The Labute approximate surface area is 142 Å². The Kier molecular flexibility index (Phi) is 3.83. The number of hydrogen-bond donors (Lipinski definition) is 2. The molecule has 2 aliphatic rings. The highest BCUT2D eigenvalue weighted by atomic mass is 31.2. The Morgan fingerprint density at radius 3 is 3.04 bits per heavy atom. The van der Waals surface area contributed by atoms with Gasteiger partial charge >= 0.3 is 7.60 Å². The molecule has 2 fully saturated rings. The molecule has 2 aromatic heterocycles. The third-order valence-corrected chi connectivity index (χ3v) is 5.05. The smallest absolute Gasteiger partial charge is 0.325 e. The number of imidazole rings is 1. The number of rotatable bonds is 5. The molecule has 2 saturated heterocycles. The summed E-state index contributed by atoms with van der Waals surface area (Å²) in [4.78, 5) is 21.8. The highest BCUT2D eigenvalue weighted by Crippen LogP contribution is 2.49. The van der Waals surface area contributed by atoms with Crippen LogP contribution in [-0.4, -0.2) is 69.2 Å². The maximum absolute atomic E-state index is 11.5. The van der Waals surface area contributed by atoms with Crippen molar-refractivity contribution >= 4 is 24.6 Å². The lowest BCUT2D eigenvalue weighted by molar-refractivity contribution is -0.183. The van der Waals surface area contributed by atoms with Crippen molar-refractivity contribution in [3.63, 3.8) is 0 Å². The Hall–Kier alpha value is -1.62. The van der Waals surface area contributed by atoms with E-state index < -0.39 is 31.6 Å². The van der Waals surface area contributed by atoms with Crippen molar-refractivity contribution in [2.45, 2.75) is 24.0 Å². The summed E-state index contributed by atoms with van der Waals surface area (Å²) in [5.41, 5.74) is 5.79. The van der Waals surface area contributed by atoms with E-state index in [2.05, 4.69) is 15.0 Å². The molecule has 0 radical (unpaired) electrons. The predicted molar refractivity (Wildman–Crippen MR) is 84.8 cm³/mol. The third-order valence-electron chi connectivity index (χ3n) is 4.44. The lowest BCUT2D eigenvalue weighted by Crippen LogP contribution is -2.45. The van der Waals surface area contributed by atoms with E-state index in [1.165, 1.54) is 13.4 Å². The summed E-state index contributed by atoms with van der Waals surface area (Å²) in [7, 11) is -2.13. The molecule has 4 unspecified atom stereocenters. The summed E-state index contributed by atoms with van der Waals surface area (Å²) in [6.45, 7) is 1.18. The van der Waals surface area contributed by atoms with Gasteiger partial charge in [0.1, 0.15) is 29.7 Å². The van der Waals surface area contributed by atoms with Crippen LogP contribution in [0.3, 0.4) is 0 Å². The van der Waals surface area contributed by atoms with Crippen LogP contribution in [0.25, 0.3) is 11.2 Å². The van der Waals surface area contributed by atoms with Crippen molar-refractivity contribution in [1.82, 2.24) is 19.5 Å². The zero-order valence-corrected chi connectivity index (χ0v) is 14.5. The topological polar surface area (TPSA) is 144 Å². The van der Waals surface area contributed by atoms with Crippen molar-refractivity contribution in [2.24, 2.45) is 0 Å². The first kappa shape index (κ1) is 16.8. The molecular weight excluding hydrogens is 353 g/mol. The molecule has 2 bridgehead atoms. The second-order valence-electron chi connectivity index (χ2n) is 6.16. The van der Waals surface area contributed by atoms with Crippen LogP contribution in [0.15, 0.2) is 12.7 Å². The van der Waals surface area contributed by atoms with E-state index in [4.69, 9.17) is 24.5 Å². The number of anilines is 1. The van der Waals surface area contributed by atoms with Crippen LogP contribution in [0.5, 0.6) is 0 Å². The van der Waals surface area contributed by atoms with Gasteiger partial charge in [0.15, 0.2) is 17.7 Å². The first-order chi connectivity index (χ1) is 11.8. The minimum absolute atomic E-state index is 0.132. The average molecular weight is 371 g/mol. The van der Waals surface area contributed by atoms with Crippen LogP contribution in [0.2, 0.25) is 0 Å². The number of aromatic nitrogens is 4. The fourth-order valence-corrected chi connectivity index (χ4v) is 3.81. The molecule has 3 N–H and O–H groups in total. The zero-order chi connectivity index (χ0) is 17.8. The van der Waals surface area contributed by atoms with Crippen molar-refractivity contribution in [3.8, 4) is 0 Å². The molecule has 0 spiro atoms. The number of nitrogens with two attached hydrogens (primary N) is 1. The van der Waals surface area contributed by atoms with E-state index in [1.807, 2.05) is 0 Å². The van der Waals surface area contributed by atoms with Crippen molar-refractivity contribution < 1.29 is 28.2 Å². The summed E-state index contributed by atoms with van der Waals surface area (Å²) < 4.78 is 35.8. The molecule has 0 amide bonds. The Bertz CT molecular complexity index is 855. The monoisotopic (exact) mass is 371 g/mol. The molecule has 11 nitrogen and oxygen atoms in total. The fourth-order valence-electron chi connectivity index (χ4n) is 3.35. The van der Waals surface area contributed by atoms with Crippen LogP contribution in [0.1, 0.15) is 6.23 Å². The minimum atomic E-state index is -3.67. The zero-order valence-electron chi connectivity index (χ0n) is 13.6. The number of ether oxygens (including phenoxy) is 3. The summed E-state index contributed by atoms with van der Waals surface area (Å²) >= 11 is 0. The lowest BCUT2D eigenvalue weighted by Gasteiger charge is -2.31. The van der Waals surface area contributed by atoms with E-state index in [0.29, 0.717) is 11.2 Å². The maximum atomic E-state index is 11.5. The van der Waals surface area contributed by atoms with Gasteiger partial charge in [0.2, 0.25) is 0 Å². The van der Waals surface area contributed by atoms with Gasteiger partial charge in [-0.2, -0.15) is 0 Å². The summed E-state index contributed by atoms with van der Waals surface area (Å²) in [6, 6.07) is 0. The molecule has 0 saturated carbocycles. The van der Waals surface area contributed by atoms with E-state index in [1.54, 1.807) is 10.9 Å². The maximum Gasteiger partial charge on any atom is 0.325 e. The molecule has 12 heteroatoms. The van der Waals surface area contributed by atoms with Crippen LogP contribution in [-0.2, 0) is 23.3 Å². The molecule has 136 valence electrons. The van der Waals surface area contributed by atoms with Gasteiger partial charge in [-0.1, -0.05) is 0 Å². The van der Waals surface area contributed by atoms with Crippen molar-refractivity contribution in [3.05, 3.63) is 12.7 Å². The number of nitrogen functional groups attached to an aromatic ring is 1. The first-order valence-corrected chi connectivity index (χ1v) is 9.57. The summed E-state index contributed by atoms with van der Waals surface area (Å²) in [6.07, 6.45) is 1.38. The van der Waals surface area contributed by atoms with E-state index in [-0.39, 0.29) is 19.0 Å². The van der Waals surface area contributed by atoms with Crippen LogP contribution in [0, 0.1) is 0 Å². The van der Waals surface area contributed by atoms with Gasteiger partial charge in [-0.3, -0.25) is 9.13 Å². The van der Waals surface area contributed by atoms with E-state index in [9.17, 15) is 9.46 Å². The summed E-state index contributed by atoms with van der Waals surface area (Å²) in [5, 5.41) is 0. The second kappa shape index (κ2) is 5.70. The van der Waals surface area contributed by atoms with Gasteiger partial charge in [0.05, 0.1) is 19.5 Å². The predicted octanol–water partition coefficient (Wildman–Crippen LogP) is -0.0783. The Balaban J connectivity index is 1.68. The highest BCUT2D eigenvalue weighted by Gasteiger charge is 2.63. The third kappa shape index (κ3) is 2.64. The molecule has 0 aliphatic carbocycles. The number of methoxy groups -OCH3 is 1. The van der Waals surface area contributed by atoms with Gasteiger partial charge in [0.25, 0.3) is 0 Å². The summed E-state index contributed by atoms with van der Waals surface area (Å²) in [5.74, 6) is 0.265. The molecule has 25 heavy (non-hydrogen) atoms. The molecule has 5 atom stereocenters. The SMILES string of the molecule is COC1C2OC[C@@]1(COP(C)(=O)O)OC2n1cnc2c(N)ncnc21. The normalized spacial score (nSPS) is 33.8. The van der Waals surface area contributed by atoms with Crippen molar-refractivity contribution in [1.29, 1.82) is 0 Å². The van der Waals surface area contributed by atoms with Crippen molar-refractivity contribution in [2.75, 3.05) is 32.7 Å². The molecule has 0 aromatic carbocycles. The largest absolute Gasteiger partial charge is 0.382 e. The molecule has 4 rings (SSSR count). The van der Waals surface area contributed by atoms with Crippen LogP contribution in [0.4, 0.5) is 5.82 Å². The Morgan fingerprint density at radius 2 is 2.32 bits per heavy atom. The van der Waals surface area contributed by atoms with Gasteiger partial charge < -0.3 is 29.4 Å². The quantitative estimate of drug-likeness (QED) is 0.685. The number of hydrogen-bond acceptors (Lipinski definition) is 9. The van der Waals surface area contributed by atoms with Crippen LogP contribution >= 0.6 is 7.60 Å². The van der Waals surface area contributed by atoms with Gasteiger partial charge in [-0.05, 0) is 0 Å². The molecule has 4 heterocycles. The molecule has 2 aliphatic heterocycles.